The number of carbonyl (C=O) groups is 1. The molecule has 158 valence electrons. The molecule has 1 aromatic carbocycles. The van der Waals surface area contributed by atoms with E-state index in [-0.39, 0.29) is 11.5 Å². The normalized spacial score (nSPS) is 20.5. The summed E-state index contributed by atoms with van der Waals surface area (Å²) in [6, 6.07) is 8.53. The van der Waals surface area contributed by atoms with E-state index in [2.05, 4.69) is 63.4 Å². The lowest BCUT2D eigenvalue weighted by molar-refractivity contribution is -0.0594. The summed E-state index contributed by atoms with van der Waals surface area (Å²) in [7, 11) is -1.37. The molecule has 1 saturated heterocycles. The summed E-state index contributed by atoms with van der Waals surface area (Å²) in [5.74, 6) is 0. The largest absolute Gasteiger partial charge is 0.444 e. The van der Waals surface area contributed by atoms with Crippen LogP contribution in [0, 0.1) is 0 Å². The van der Waals surface area contributed by atoms with Gasteiger partial charge in [-0.1, -0.05) is 32.9 Å². The van der Waals surface area contributed by atoms with Crippen LogP contribution in [-0.2, 0) is 14.6 Å². The number of hydrogen-bond donors (Lipinski definition) is 1. The molecule has 6 heteroatoms. The fourth-order valence-corrected chi connectivity index (χ4v) is 4.75. The van der Waals surface area contributed by atoms with E-state index >= 15 is 0 Å². The highest BCUT2D eigenvalue weighted by atomic mass is 28.3. The predicted molar refractivity (Wildman–Crippen MR) is 118 cm³/mol. The number of hydrogen-bond acceptors (Lipinski definition) is 4. The number of anilines is 1. The van der Waals surface area contributed by atoms with Crippen LogP contribution in [0.25, 0.3) is 0 Å². The molecule has 0 aliphatic carbocycles. The molecule has 1 fully saturated rings. The number of ether oxygens (including phenoxy) is 1. The van der Waals surface area contributed by atoms with Gasteiger partial charge in [0.2, 0.25) is 0 Å². The summed E-state index contributed by atoms with van der Waals surface area (Å²) in [5.41, 5.74) is 1.32. The highest BCUT2D eigenvalue weighted by molar-refractivity contribution is 6.48. The van der Waals surface area contributed by atoms with Gasteiger partial charge in [0.15, 0.2) is 14.8 Å². The van der Waals surface area contributed by atoms with Crippen molar-refractivity contribution in [2.45, 2.75) is 84.2 Å². The Labute approximate surface area is 172 Å². The first-order chi connectivity index (χ1) is 12.8. The van der Waals surface area contributed by atoms with Crippen molar-refractivity contribution in [2.24, 2.45) is 0 Å². The summed E-state index contributed by atoms with van der Waals surface area (Å²) in [5, 5.41) is 3.51. The topological polar surface area (TPSA) is 50.8 Å². The third-order valence-corrected chi connectivity index (χ3v) is 5.74. The number of likely N-dealkylation sites (tertiary alicyclic amines) is 1. The molecule has 1 N–H and O–H groups in total. The van der Waals surface area contributed by atoms with Gasteiger partial charge in [-0.3, -0.25) is 4.90 Å². The van der Waals surface area contributed by atoms with Gasteiger partial charge in [0.25, 0.3) is 0 Å². The number of nitrogens with one attached hydrogen (secondary N) is 1. The Morgan fingerprint density at radius 1 is 1.14 bits per heavy atom. The Kier molecular flexibility index (Phi) is 6.87. The zero-order valence-electron chi connectivity index (χ0n) is 18.9. The minimum atomic E-state index is -1.37. The minimum Gasteiger partial charge on any atom is -0.444 e. The molecule has 28 heavy (non-hydrogen) atoms. The maximum atomic E-state index is 12.8. The lowest BCUT2D eigenvalue weighted by Gasteiger charge is -2.40. The third kappa shape index (κ3) is 5.98. The van der Waals surface area contributed by atoms with Crippen LogP contribution < -0.4 is 5.32 Å². The molecule has 0 spiro atoms. The van der Waals surface area contributed by atoms with Crippen molar-refractivity contribution < 1.29 is 14.0 Å². The van der Waals surface area contributed by atoms with Gasteiger partial charge in [0, 0.05) is 12.2 Å². The second-order valence-electron chi connectivity index (χ2n) is 10.0. The molecule has 5 nitrogen and oxygen atoms in total. The van der Waals surface area contributed by atoms with Crippen LogP contribution in [0.2, 0.25) is 13.1 Å². The van der Waals surface area contributed by atoms with Crippen LogP contribution in [0.1, 0.15) is 59.9 Å². The van der Waals surface area contributed by atoms with Crippen molar-refractivity contribution in [3.63, 3.8) is 0 Å². The van der Waals surface area contributed by atoms with Crippen LogP contribution in [0.3, 0.4) is 0 Å². The summed E-state index contributed by atoms with van der Waals surface area (Å²) in [4.78, 5) is 14.6. The van der Waals surface area contributed by atoms with Crippen LogP contribution >= 0.6 is 0 Å². The van der Waals surface area contributed by atoms with Gasteiger partial charge < -0.3 is 14.5 Å². The van der Waals surface area contributed by atoms with E-state index in [1.54, 1.807) is 4.90 Å². The standard InChI is InChI=1S/C22H38N2O3Si/c1-20(2,3)17-10-12-18(13-11-17)23-16-22(27-28(7)8)14-9-15-24(22)19(25)26-21(4,5)6/h10-13,23,28H,9,14-16H2,1-8H3/t22-/m0/s1. The SMILES string of the molecule is C[SiH](C)O[C@]1(CNc2ccc(C(C)(C)C)cc2)CCCN1C(=O)OC(C)(C)C. The van der Waals surface area contributed by atoms with E-state index < -0.39 is 20.4 Å². The molecule has 1 heterocycles. The first-order valence-electron chi connectivity index (χ1n) is 10.4. The fourth-order valence-electron chi connectivity index (χ4n) is 3.54. The molecule has 1 aliphatic rings. The van der Waals surface area contributed by atoms with Gasteiger partial charge in [-0.2, -0.15) is 0 Å². The quantitative estimate of drug-likeness (QED) is 0.689. The number of amides is 1. The van der Waals surface area contributed by atoms with Gasteiger partial charge in [-0.05, 0) is 69.8 Å². The van der Waals surface area contributed by atoms with Gasteiger partial charge in [0.05, 0.1) is 6.54 Å². The maximum absolute atomic E-state index is 12.8. The zero-order chi connectivity index (χ0) is 21.2. The van der Waals surface area contributed by atoms with Crippen LogP contribution in [0.4, 0.5) is 10.5 Å². The molecule has 0 radical (unpaired) electrons. The molecule has 0 saturated carbocycles. The smallest absolute Gasteiger partial charge is 0.412 e. The van der Waals surface area contributed by atoms with Crippen molar-refractivity contribution >= 4 is 20.8 Å². The van der Waals surface area contributed by atoms with E-state index in [0.717, 1.165) is 18.5 Å². The number of carbonyl (C=O) groups excluding carboxylic acids is 1. The Morgan fingerprint density at radius 3 is 2.25 bits per heavy atom. The molecule has 1 aromatic rings. The Hall–Kier alpha value is -1.53. The zero-order valence-corrected chi connectivity index (χ0v) is 20.0. The number of rotatable bonds is 5. The van der Waals surface area contributed by atoms with E-state index in [1.165, 1.54) is 5.56 Å². The second kappa shape index (κ2) is 8.45. The van der Waals surface area contributed by atoms with Gasteiger partial charge in [-0.25, -0.2) is 4.79 Å². The average Bonchev–Trinajstić information content (AvgIpc) is 2.94. The molecular formula is C22H38N2O3Si. The van der Waals surface area contributed by atoms with Crippen molar-refractivity contribution in [1.29, 1.82) is 0 Å². The van der Waals surface area contributed by atoms with E-state index in [1.807, 2.05) is 20.8 Å². The van der Waals surface area contributed by atoms with Crippen LogP contribution in [0.5, 0.6) is 0 Å². The average molecular weight is 407 g/mol. The molecule has 0 unspecified atom stereocenters. The highest BCUT2D eigenvalue weighted by Gasteiger charge is 2.46. The van der Waals surface area contributed by atoms with Crippen molar-refractivity contribution in [3.05, 3.63) is 29.8 Å². The lowest BCUT2D eigenvalue weighted by atomic mass is 9.87. The molecule has 2 rings (SSSR count). The van der Waals surface area contributed by atoms with E-state index in [4.69, 9.17) is 9.16 Å². The lowest BCUT2D eigenvalue weighted by Crippen LogP contribution is -2.56. The van der Waals surface area contributed by atoms with Crippen LogP contribution in [-0.4, -0.2) is 44.4 Å². The highest BCUT2D eigenvalue weighted by Crippen LogP contribution is 2.33. The van der Waals surface area contributed by atoms with Gasteiger partial charge >= 0.3 is 6.09 Å². The maximum Gasteiger partial charge on any atom is 0.412 e. The summed E-state index contributed by atoms with van der Waals surface area (Å²) in [6.45, 7) is 17.8. The number of benzene rings is 1. The second-order valence-corrected chi connectivity index (χ2v) is 12.4. The molecule has 1 aliphatic heterocycles. The summed E-state index contributed by atoms with van der Waals surface area (Å²) in [6.07, 6.45) is 1.46. The Balaban J connectivity index is 2.17. The predicted octanol–water partition coefficient (Wildman–Crippen LogP) is 5.12. The van der Waals surface area contributed by atoms with Gasteiger partial charge in [0.1, 0.15) is 5.60 Å². The monoisotopic (exact) mass is 406 g/mol. The Bertz CT molecular complexity index is 662. The molecular weight excluding hydrogens is 368 g/mol. The summed E-state index contributed by atoms with van der Waals surface area (Å²) < 4.78 is 12.1. The molecule has 0 bridgehead atoms. The third-order valence-electron chi connectivity index (χ3n) is 4.83. The van der Waals surface area contributed by atoms with Crippen molar-refractivity contribution in [3.8, 4) is 0 Å². The first-order valence-corrected chi connectivity index (χ1v) is 13.1. The Morgan fingerprint density at radius 2 is 1.75 bits per heavy atom. The molecule has 0 aromatic heterocycles. The van der Waals surface area contributed by atoms with E-state index in [9.17, 15) is 4.79 Å². The van der Waals surface area contributed by atoms with Crippen LogP contribution in [0.15, 0.2) is 24.3 Å². The first kappa shape index (κ1) is 22.8. The van der Waals surface area contributed by atoms with E-state index in [0.29, 0.717) is 13.1 Å². The van der Waals surface area contributed by atoms with Crippen molar-refractivity contribution in [2.75, 3.05) is 18.4 Å². The molecule has 1 amide bonds. The van der Waals surface area contributed by atoms with Crippen molar-refractivity contribution in [1.82, 2.24) is 4.90 Å². The molecule has 1 atom stereocenters. The fraction of sp³-hybridized carbons (Fsp3) is 0.682. The minimum absolute atomic E-state index is 0.130. The number of nitrogens with zero attached hydrogens (tertiary/aromatic N) is 1. The van der Waals surface area contributed by atoms with Gasteiger partial charge in [-0.15, -0.1) is 0 Å². The summed E-state index contributed by atoms with van der Waals surface area (Å²) >= 11 is 0.